The summed E-state index contributed by atoms with van der Waals surface area (Å²) in [5.74, 6) is 1.03. The molecule has 1 aromatic carbocycles. The van der Waals surface area contributed by atoms with Gasteiger partial charge in [-0.25, -0.2) is 9.97 Å². The van der Waals surface area contributed by atoms with Gasteiger partial charge in [-0.1, -0.05) is 16.8 Å². The predicted octanol–water partition coefficient (Wildman–Crippen LogP) is 2.43. The molecule has 2 N–H and O–H groups in total. The summed E-state index contributed by atoms with van der Waals surface area (Å²) in [4.78, 5) is 12.3. The Kier molecular flexibility index (Phi) is 2.85. The van der Waals surface area contributed by atoms with Crippen LogP contribution in [0.3, 0.4) is 0 Å². The zero-order chi connectivity index (χ0) is 13.2. The molecule has 0 unspecified atom stereocenters. The first-order chi connectivity index (χ1) is 9.22. The Balaban J connectivity index is 2.02. The van der Waals surface area contributed by atoms with Crippen LogP contribution in [-0.2, 0) is 0 Å². The molecule has 19 heavy (non-hydrogen) atoms. The summed E-state index contributed by atoms with van der Waals surface area (Å²) in [6, 6.07) is 6.75. The lowest BCUT2D eigenvalue weighted by atomic mass is 10.2. The molecule has 7 heteroatoms. The molecule has 2 heterocycles. The number of anilines is 1. The van der Waals surface area contributed by atoms with Crippen molar-refractivity contribution in [2.75, 3.05) is 5.73 Å². The molecule has 0 radical (unpaired) electrons. The Bertz CT molecular complexity index is 693. The van der Waals surface area contributed by atoms with Crippen molar-refractivity contribution < 1.29 is 4.52 Å². The van der Waals surface area contributed by atoms with Crippen LogP contribution in [0.25, 0.3) is 23.1 Å². The molecule has 3 aromatic rings. The van der Waals surface area contributed by atoms with Gasteiger partial charge in [0.25, 0.3) is 5.89 Å². The van der Waals surface area contributed by atoms with Gasteiger partial charge in [-0.05, 0) is 24.3 Å². The van der Waals surface area contributed by atoms with Crippen molar-refractivity contribution in [3.05, 3.63) is 41.7 Å². The zero-order valence-electron chi connectivity index (χ0n) is 9.62. The standard InChI is InChI=1S/C12H8ClN5O/c13-8-4-7(5-9(14)6-8)12-17-11(18-19-12)10-15-2-1-3-16-10/h1-6H,14H2. The van der Waals surface area contributed by atoms with E-state index in [2.05, 4.69) is 20.1 Å². The van der Waals surface area contributed by atoms with Gasteiger partial charge in [0.05, 0.1) is 0 Å². The maximum atomic E-state index is 5.93. The molecule has 0 fully saturated rings. The molecule has 0 atom stereocenters. The fourth-order valence-corrected chi connectivity index (χ4v) is 1.83. The lowest BCUT2D eigenvalue weighted by Gasteiger charge is -1.98. The smallest absolute Gasteiger partial charge is 0.258 e. The number of halogens is 1. The normalized spacial score (nSPS) is 10.6. The summed E-state index contributed by atoms with van der Waals surface area (Å²) >= 11 is 5.93. The third kappa shape index (κ3) is 2.38. The van der Waals surface area contributed by atoms with Gasteiger partial charge in [0, 0.05) is 28.7 Å². The highest BCUT2D eigenvalue weighted by Crippen LogP contribution is 2.25. The third-order valence-electron chi connectivity index (χ3n) is 2.36. The van der Waals surface area contributed by atoms with Gasteiger partial charge >= 0.3 is 0 Å². The lowest BCUT2D eigenvalue weighted by molar-refractivity contribution is 0.432. The zero-order valence-corrected chi connectivity index (χ0v) is 10.4. The number of hydrogen-bond donors (Lipinski definition) is 1. The molecule has 94 valence electrons. The van der Waals surface area contributed by atoms with Crippen LogP contribution in [-0.4, -0.2) is 20.1 Å². The van der Waals surface area contributed by atoms with Crippen molar-refractivity contribution >= 4 is 17.3 Å². The van der Waals surface area contributed by atoms with E-state index in [0.29, 0.717) is 33.8 Å². The molecule has 0 saturated carbocycles. The van der Waals surface area contributed by atoms with Crippen molar-refractivity contribution in [1.82, 2.24) is 20.1 Å². The molecular weight excluding hydrogens is 266 g/mol. The van der Waals surface area contributed by atoms with Crippen LogP contribution in [0.4, 0.5) is 5.69 Å². The fourth-order valence-electron chi connectivity index (χ4n) is 1.58. The second kappa shape index (κ2) is 4.66. The SMILES string of the molecule is Nc1cc(Cl)cc(-c2nc(-c3ncccn3)no2)c1. The molecule has 0 aliphatic rings. The molecule has 3 rings (SSSR count). The Morgan fingerprint density at radius 2 is 1.84 bits per heavy atom. The van der Waals surface area contributed by atoms with Gasteiger partial charge in [-0.3, -0.25) is 0 Å². The molecule has 0 bridgehead atoms. The van der Waals surface area contributed by atoms with E-state index in [9.17, 15) is 0 Å². The molecular formula is C12H8ClN5O. The van der Waals surface area contributed by atoms with E-state index in [1.54, 1.807) is 36.7 Å². The van der Waals surface area contributed by atoms with Crippen LogP contribution >= 0.6 is 11.6 Å². The second-order valence-electron chi connectivity index (χ2n) is 3.77. The molecule has 0 amide bonds. The van der Waals surface area contributed by atoms with E-state index in [1.807, 2.05) is 0 Å². The molecule has 2 aromatic heterocycles. The highest BCUT2D eigenvalue weighted by molar-refractivity contribution is 6.31. The minimum Gasteiger partial charge on any atom is -0.399 e. The van der Waals surface area contributed by atoms with Crippen LogP contribution in [0, 0.1) is 0 Å². The summed E-state index contributed by atoms with van der Waals surface area (Å²) in [6.07, 6.45) is 3.21. The summed E-state index contributed by atoms with van der Waals surface area (Å²) in [7, 11) is 0. The highest BCUT2D eigenvalue weighted by Gasteiger charge is 2.13. The van der Waals surface area contributed by atoms with Crippen LogP contribution in [0.15, 0.2) is 41.2 Å². The van der Waals surface area contributed by atoms with Crippen LogP contribution in [0.5, 0.6) is 0 Å². The average molecular weight is 274 g/mol. The van der Waals surface area contributed by atoms with Gasteiger partial charge in [0.15, 0.2) is 0 Å². The first-order valence-electron chi connectivity index (χ1n) is 5.40. The first kappa shape index (κ1) is 11.6. The van der Waals surface area contributed by atoms with Gasteiger partial charge < -0.3 is 10.3 Å². The van der Waals surface area contributed by atoms with Gasteiger partial charge in [0.1, 0.15) is 0 Å². The fraction of sp³-hybridized carbons (Fsp3) is 0. The number of aromatic nitrogens is 4. The Hall–Kier alpha value is -2.47. The average Bonchev–Trinajstić information content (AvgIpc) is 2.88. The Morgan fingerprint density at radius 1 is 1.05 bits per heavy atom. The number of nitrogens with zero attached hydrogens (tertiary/aromatic N) is 4. The molecule has 6 nitrogen and oxygen atoms in total. The minimum atomic E-state index is 0.314. The lowest BCUT2D eigenvalue weighted by Crippen LogP contribution is -1.89. The largest absolute Gasteiger partial charge is 0.399 e. The number of nitrogen functional groups attached to an aromatic ring is 1. The van der Waals surface area contributed by atoms with Crippen molar-refractivity contribution in [2.24, 2.45) is 0 Å². The minimum absolute atomic E-state index is 0.314. The summed E-state index contributed by atoms with van der Waals surface area (Å²) in [6.45, 7) is 0. The monoisotopic (exact) mass is 273 g/mol. The third-order valence-corrected chi connectivity index (χ3v) is 2.58. The summed E-state index contributed by atoms with van der Waals surface area (Å²) in [5, 5.41) is 4.33. The number of rotatable bonds is 2. The highest BCUT2D eigenvalue weighted by atomic mass is 35.5. The quantitative estimate of drug-likeness (QED) is 0.721. The van der Waals surface area contributed by atoms with E-state index in [1.165, 1.54) is 0 Å². The maximum Gasteiger partial charge on any atom is 0.258 e. The van der Waals surface area contributed by atoms with Crippen molar-refractivity contribution in [1.29, 1.82) is 0 Å². The Labute approximate surface area is 113 Å². The maximum absolute atomic E-state index is 5.93. The van der Waals surface area contributed by atoms with E-state index in [4.69, 9.17) is 21.9 Å². The van der Waals surface area contributed by atoms with Crippen LogP contribution in [0.2, 0.25) is 5.02 Å². The van der Waals surface area contributed by atoms with Crippen LogP contribution < -0.4 is 5.73 Å². The van der Waals surface area contributed by atoms with E-state index in [-0.39, 0.29) is 0 Å². The number of benzene rings is 1. The molecule has 0 aliphatic heterocycles. The van der Waals surface area contributed by atoms with Crippen LogP contribution in [0.1, 0.15) is 0 Å². The number of nitrogens with two attached hydrogens (primary N) is 1. The van der Waals surface area contributed by atoms with E-state index < -0.39 is 0 Å². The second-order valence-corrected chi connectivity index (χ2v) is 4.21. The summed E-state index contributed by atoms with van der Waals surface area (Å²) < 4.78 is 5.16. The van der Waals surface area contributed by atoms with Crippen molar-refractivity contribution in [3.63, 3.8) is 0 Å². The number of hydrogen-bond acceptors (Lipinski definition) is 6. The molecule has 0 saturated heterocycles. The summed E-state index contributed by atoms with van der Waals surface area (Å²) in [5.41, 5.74) is 6.89. The molecule has 0 spiro atoms. The van der Waals surface area contributed by atoms with Crippen molar-refractivity contribution in [2.45, 2.75) is 0 Å². The van der Waals surface area contributed by atoms with Gasteiger partial charge in [-0.2, -0.15) is 4.98 Å². The predicted molar refractivity (Wildman–Crippen MR) is 70.2 cm³/mol. The topological polar surface area (TPSA) is 90.7 Å². The van der Waals surface area contributed by atoms with E-state index >= 15 is 0 Å². The van der Waals surface area contributed by atoms with E-state index in [0.717, 1.165) is 0 Å². The van der Waals surface area contributed by atoms with Gasteiger partial charge in [0.2, 0.25) is 11.6 Å². The first-order valence-corrected chi connectivity index (χ1v) is 5.78. The van der Waals surface area contributed by atoms with Gasteiger partial charge in [-0.15, -0.1) is 0 Å². The van der Waals surface area contributed by atoms with Crippen molar-refractivity contribution in [3.8, 4) is 23.1 Å². The molecule has 0 aliphatic carbocycles. The Morgan fingerprint density at radius 3 is 2.58 bits per heavy atom.